The summed E-state index contributed by atoms with van der Waals surface area (Å²) in [4.78, 5) is 4.05. The molecule has 0 aliphatic carbocycles. The molecule has 16 heavy (non-hydrogen) atoms. The second-order valence-electron chi connectivity index (χ2n) is 3.54. The summed E-state index contributed by atoms with van der Waals surface area (Å²) in [7, 11) is 3.68. The lowest BCUT2D eigenvalue weighted by atomic mass is 10.1. The predicted octanol–water partition coefficient (Wildman–Crippen LogP) is 1.26. The molecule has 4 nitrogen and oxygen atoms in total. The van der Waals surface area contributed by atoms with Crippen molar-refractivity contribution in [3.63, 3.8) is 0 Å². The minimum absolute atomic E-state index is 0.109. The van der Waals surface area contributed by atoms with Gasteiger partial charge in [0.1, 0.15) is 5.82 Å². The van der Waals surface area contributed by atoms with E-state index < -0.39 is 0 Å². The van der Waals surface area contributed by atoms with Crippen LogP contribution < -0.4 is 5.32 Å². The zero-order chi connectivity index (χ0) is 11.5. The standard InChI is InChI=1S/C11H13FN4/c1-13-11(10-5-6-16(2)15-10)9-4-3-8(12)7-14-9/h3-7,11,13H,1-2H3. The predicted molar refractivity (Wildman–Crippen MR) is 58.3 cm³/mol. The average molecular weight is 220 g/mol. The summed E-state index contributed by atoms with van der Waals surface area (Å²) in [6, 6.07) is 4.86. The molecule has 84 valence electrons. The Kier molecular flexibility index (Phi) is 2.96. The molecule has 0 bridgehead atoms. The van der Waals surface area contributed by atoms with Gasteiger partial charge in [0, 0.05) is 13.2 Å². The van der Waals surface area contributed by atoms with Gasteiger partial charge in [-0.25, -0.2) is 4.39 Å². The molecule has 0 saturated carbocycles. The monoisotopic (exact) mass is 220 g/mol. The van der Waals surface area contributed by atoms with Crippen molar-refractivity contribution in [1.82, 2.24) is 20.1 Å². The maximum Gasteiger partial charge on any atom is 0.141 e. The summed E-state index contributed by atoms with van der Waals surface area (Å²) in [5.74, 6) is -0.334. The highest BCUT2D eigenvalue weighted by Crippen LogP contribution is 2.17. The van der Waals surface area contributed by atoms with Gasteiger partial charge in [0.15, 0.2) is 0 Å². The van der Waals surface area contributed by atoms with Gasteiger partial charge in [-0.2, -0.15) is 5.10 Å². The van der Waals surface area contributed by atoms with Crippen molar-refractivity contribution < 1.29 is 4.39 Å². The summed E-state index contributed by atoms with van der Waals surface area (Å²) >= 11 is 0. The number of nitrogens with zero attached hydrogens (tertiary/aromatic N) is 3. The number of aromatic nitrogens is 3. The molecule has 0 radical (unpaired) electrons. The number of nitrogens with one attached hydrogen (secondary N) is 1. The zero-order valence-corrected chi connectivity index (χ0v) is 9.18. The van der Waals surface area contributed by atoms with E-state index in [1.165, 1.54) is 12.3 Å². The van der Waals surface area contributed by atoms with Crippen LogP contribution >= 0.6 is 0 Å². The lowest BCUT2D eigenvalue weighted by Crippen LogP contribution is -2.19. The van der Waals surface area contributed by atoms with Gasteiger partial charge in [-0.15, -0.1) is 0 Å². The molecule has 1 N–H and O–H groups in total. The molecule has 5 heteroatoms. The molecule has 0 fully saturated rings. The van der Waals surface area contributed by atoms with Gasteiger partial charge in [-0.05, 0) is 25.2 Å². The van der Waals surface area contributed by atoms with Crippen molar-refractivity contribution in [2.75, 3.05) is 7.05 Å². The van der Waals surface area contributed by atoms with Crippen molar-refractivity contribution in [2.45, 2.75) is 6.04 Å². The van der Waals surface area contributed by atoms with E-state index in [-0.39, 0.29) is 11.9 Å². The smallest absolute Gasteiger partial charge is 0.141 e. The molecule has 0 saturated heterocycles. The van der Waals surface area contributed by atoms with E-state index in [9.17, 15) is 4.39 Å². The minimum atomic E-state index is -0.334. The number of hydrogen-bond donors (Lipinski definition) is 1. The fourth-order valence-electron chi connectivity index (χ4n) is 1.59. The van der Waals surface area contributed by atoms with Gasteiger partial charge >= 0.3 is 0 Å². The maximum atomic E-state index is 12.8. The molecule has 2 heterocycles. The molecule has 2 aromatic heterocycles. The summed E-state index contributed by atoms with van der Waals surface area (Å²) in [6.07, 6.45) is 3.08. The van der Waals surface area contributed by atoms with Gasteiger partial charge in [0.2, 0.25) is 0 Å². The van der Waals surface area contributed by atoms with Gasteiger partial charge in [0.25, 0.3) is 0 Å². The Morgan fingerprint density at radius 3 is 2.62 bits per heavy atom. The first kappa shape index (κ1) is 10.8. The van der Waals surface area contributed by atoms with E-state index in [1.54, 1.807) is 10.7 Å². The normalized spacial score (nSPS) is 12.7. The van der Waals surface area contributed by atoms with Gasteiger partial charge in [0.05, 0.1) is 23.6 Å². The highest BCUT2D eigenvalue weighted by atomic mass is 19.1. The number of hydrogen-bond acceptors (Lipinski definition) is 3. The average Bonchev–Trinajstić information content (AvgIpc) is 2.69. The van der Waals surface area contributed by atoms with Crippen molar-refractivity contribution in [3.8, 4) is 0 Å². The summed E-state index contributed by atoms with van der Waals surface area (Å²) in [6.45, 7) is 0. The second-order valence-corrected chi connectivity index (χ2v) is 3.54. The number of rotatable bonds is 3. The molecular formula is C11H13FN4. The zero-order valence-electron chi connectivity index (χ0n) is 9.18. The Morgan fingerprint density at radius 1 is 1.31 bits per heavy atom. The largest absolute Gasteiger partial charge is 0.307 e. The Bertz CT molecular complexity index is 463. The second kappa shape index (κ2) is 4.40. The quantitative estimate of drug-likeness (QED) is 0.846. The molecule has 2 rings (SSSR count). The first-order valence-electron chi connectivity index (χ1n) is 4.99. The Morgan fingerprint density at radius 2 is 2.12 bits per heavy atom. The van der Waals surface area contributed by atoms with E-state index in [0.717, 1.165) is 11.4 Å². The van der Waals surface area contributed by atoms with Crippen LogP contribution in [0.25, 0.3) is 0 Å². The SMILES string of the molecule is CNC(c1ccc(F)cn1)c1ccn(C)n1. The first-order valence-corrected chi connectivity index (χ1v) is 4.99. The lowest BCUT2D eigenvalue weighted by molar-refractivity contribution is 0.600. The van der Waals surface area contributed by atoms with Crippen molar-refractivity contribution in [3.05, 3.63) is 47.8 Å². The first-order chi connectivity index (χ1) is 7.70. The number of halogens is 1. The summed E-state index contributed by atoms with van der Waals surface area (Å²) in [5.41, 5.74) is 1.62. The maximum absolute atomic E-state index is 12.8. The number of pyridine rings is 1. The van der Waals surface area contributed by atoms with Crippen LogP contribution in [0.5, 0.6) is 0 Å². The third kappa shape index (κ3) is 2.09. The van der Waals surface area contributed by atoms with Gasteiger partial charge in [-0.1, -0.05) is 0 Å². The van der Waals surface area contributed by atoms with E-state index >= 15 is 0 Å². The molecule has 0 spiro atoms. The molecule has 1 unspecified atom stereocenters. The topological polar surface area (TPSA) is 42.7 Å². The molecule has 0 aliphatic rings. The van der Waals surface area contributed by atoms with Crippen LogP contribution in [0.4, 0.5) is 4.39 Å². The Labute approximate surface area is 93.1 Å². The van der Waals surface area contributed by atoms with Crippen LogP contribution in [-0.2, 0) is 7.05 Å². The van der Waals surface area contributed by atoms with Crippen LogP contribution in [0, 0.1) is 5.82 Å². The number of aryl methyl sites for hydroxylation is 1. The minimum Gasteiger partial charge on any atom is -0.307 e. The molecular weight excluding hydrogens is 207 g/mol. The fraction of sp³-hybridized carbons (Fsp3) is 0.273. The van der Waals surface area contributed by atoms with E-state index in [2.05, 4.69) is 15.4 Å². The van der Waals surface area contributed by atoms with E-state index in [1.807, 2.05) is 26.4 Å². The molecule has 0 aromatic carbocycles. The van der Waals surface area contributed by atoms with E-state index in [0.29, 0.717) is 0 Å². The van der Waals surface area contributed by atoms with Crippen LogP contribution in [0.15, 0.2) is 30.6 Å². The molecule has 1 atom stereocenters. The molecule has 2 aromatic rings. The van der Waals surface area contributed by atoms with Gasteiger partial charge < -0.3 is 5.32 Å². The van der Waals surface area contributed by atoms with Crippen LogP contribution in [0.2, 0.25) is 0 Å². The molecule has 0 amide bonds. The van der Waals surface area contributed by atoms with Crippen LogP contribution in [-0.4, -0.2) is 21.8 Å². The summed E-state index contributed by atoms with van der Waals surface area (Å²) in [5, 5.41) is 7.41. The lowest BCUT2D eigenvalue weighted by Gasteiger charge is -2.12. The fourth-order valence-corrected chi connectivity index (χ4v) is 1.59. The third-order valence-corrected chi connectivity index (χ3v) is 2.36. The third-order valence-electron chi connectivity index (χ3n) is 2.36. The molecule has 0 aliphatic heterocycles. The Balaban J connectivity index is 2.32. The summed E-state index contributed by atoms with van der Waals surface area (Å²) < 4.78 is 14.5. The van der Waals surface area contributed by atoms with Crippen molar-refractivity contribution in [1.29, 1.82) is 0 Å². The Hall–Kier alpha value is -1.75. The van der Waals surface area contributed by atoms with Crippen LogP contribution in [0.1, 0.15) is 17.4 Å². The van der Waals surface area contributed by atoms with Crippen molar-refractivity contribution >= 4 is 0 Å². The highest BCUT2D eigenvalue weighted by Gasteiger charge is 2.15. The van der Waals surface area contributed by atoms with E-state index in [4.69, 9.17) is 0 Å². The van der Waals surface area contributed by atoms with Gasteiger partial charge in [-0.3, -0.25) is 9.67 Å². The van der Waals surface area contributed by atoms with Crippen molar-refractivity contribution in [2.24, 2.45) is 7.05 Å². The van der Waals surface area contributed by atoms with Crippen LogP contribution in [0.3, 0.4) is 0 Å². The highest BCUT2D eigenvalue weighted by molar-refractivity contribution is 5.20.